The van der Waals surface area contributed by atoms with Gasteiger partial charge in [0.1, 0.15) is 5.82 Å². The number of nitrogens with one attached hydrogen (secondary N) is 1. The minimum absolute atomic E-state index is 0.128. The standard InChI is InChI=1S/C13H7Br2N3O2/c14-8-1-6(2-9(15)4-8)11-17-10-3-7(13(19)20)5-16-12(10)18-11/h1-5H,(H,19,20)(H,16,17,18). The summed E-state index contributed by atoms with van der Waals surface area (Å²) in [4.78, 5) is 22.4. The minimum Gasteiger partial charge on any atom is -0.478 e. The van der Waals surface area contributed by atoms with Crippen LogP contribution in [0, 0.1) is 0 Å². The average molecular weight is 397 g/mol. The van der Waals surface area contributed by atoms with E-state index in [0.717, 1.165) is 14.5 Å². The fourth-order valence-electron chi connectivity index (χ4n) is 1.84. The molecule has 100 valence electrons. The van der Waals surface area contributed by atoms with Crippen LogP contribution in [0.5, 0.6) is 0 Å². The van der Waals surface area contributed by atoms with Gasteiger partial charge in [-0.15, -0.1) is 0 Å². The molecule has 0 aliphatic carbocycles. The number of pyridine rings is 1. The highest BCUT2D eigenvalue weighted by atomic mass is 79.9. The van der Waals surface area contributed by atoms with E-state index in [2.05, 4.69) is 46.8 Å². The van der Waals surface area contributed by atoms with Crippen molar-refractivity contribution >= 4 is 49.0 Å². The van der Waals surface area contributed by atoms with E-state index < -0.39 is 5.97 Å². The molecule has 0 radical (unpaired) electrons. The van der Waals surface area contributed by atoms with Crippen LogP contribution in [0.15, 0.2) is 39.4 Å². The molecule has 0 aliphatic rings. The molecule has 0 unspecified atom stereocenters. The summed E-state index contributed by atoms with van der Waals surface area (Å²) in [6.07, 6.45) is 1.30. The Hall–Kier alpha value is -1.73. The van der Waals surface area contributed by atoms with Crippen molar-refractivity contribution in [2.24, 2.45) is 0 Å². The van der Waals surface area contributed by atoms with Crippen LogP contribution < -0.4 is 0 Å². The number of carboxylic acid groups (broad SMARTS) is 1. The monoisotopic (exact) mass is 395 g/mol. The molecule has 0 atom stereocenters. The molecule has 1 aromatic carbocycles. The number of aromatic nitrogens is 3. The second-order valence-electron chi connectivity index (χ2n) is 4.14. The maximum Gasteiger partial charge on any atom is 0.337 e. The molecule has 0 spiro atoms. The van der Waals surface area contributed by atoms with Crippen LogP contribution in [-0.4, -0.2) is 26.0 Å². The van der Waals surface area contributed by atoms with Crippen molar-refractivity contribution in [1.82, 2.24) is 15.0 Å². The number of imidazole rings is 1. The molecule has 3 rings (SSSR count). The maximum absolute atomic E-state index is 10.9. The van der Waals surface area contributed by atoms with Gasteiger partial charge in [0, 0.05) is 20.7 Å². The summed E-state index contributed by atoms with van der Waals surface area (Å²) in [6.45, 7) is 0. The Morgan fingerprint density at radius 2 is 1.85 bits per heavy atom. The van der Waals surface area contributed by atoms with Crippen LogP contribution in [-0.2, 0) is 0 Å². The summed E-state index contributed by atoms with van der Waals surface area (Å²) in [5.41, 5.74) is 2.08. The van der Waals surface area contributed by atoms with Gasteiger partial charge < -0.3 is 10.1 Å². The van der Waals surface area contributed by atoms with Crippen LogP contribution >= 0.6 is 31.9 Å². The average Bonchev–Trinajstić information content (AvgIpc) is 2.80. The van der Waals surface area contributed by atoms with Crippen LogP contribution in [0.1, 0.15) is 10.4 Å². The molecule has 0 fully saturated rings. The highest BCUT2D eigenvalue weighted by Gasteiger charge is 2.10. The van der Waals surface area contributed by atoms with Crippen molar-refractivity contribution in [1.29, 1.82) is 0 Å². The van der Waals surface area contributed by atoms with E-state index in [-0.39, 0.29) is 5.56 Å². The van der Waals surface area contributed by atoms with Crippen molar-refractivity contribution < 1.29 is 9.90 Å². The van der Waals surface area contributed by atoms with Gasteiger partial charge in [-0.25, -0.2) is 14.8 Å². The molecule has 0 saturated heterocycles. The Labute approximate surface area is 130 Å². The number of carbonyl (C=O) groups is 1. The third-order valence-corrected chi connectivity index (χ3v) is 3.64. The van der Waals surface area contributed by atoms with Gasteiger partial charge in [0.2, 0.25) is 0 Å². The first kappa shape index (κ1) is 13.3. The molecule has 0 saturated carbocycles. The summed E-state index contributed by atoms with van der Waals surface area (Å²) < 4.78 is 1.84. The molecule has 5 nitrogen and oxygen atoms in total. The number of hydrogen-bond acceptors (Lipinski definition) is 3. The van der Waals surface area contributed by atoms with Gasteiger partial charge in [0.05, 0.1) is 11.1 Å². The highest BCUT2D eigenvalue weighted by Crippen LogP contribution is 2.27. The van der Waals surface area contributed by atoms with Gasteiger partial charge in [0.25, 0.3) is 0 Å². The molecule has 3 aromatic rings. The van der Waals surface area contributed by atoms with E-state index in [9.17, 15) is 4.79 Å². The Morgan fingerprint density at radius 3 is 2.50 bits per heavy atom. The smallest absolute Gasteiger partial charge is 0.337 e. The number of hydrogen-bond donors (Lipinski definition) is 2. The van der Waals surface area contributed by atoms with Gasteiger partial charge in [-0.3, -0.25) is 0 Å². The zero-order chi connectivity index (χ0) is 14.3. The van der Waals surface area contributed by atoms with Gasteiger partial charge >= 0.3 is 5.97 Å². The van der Waals surface area contributed by atoms with Crippen LogP contribution in [0.25, 0.3) is 22.6 Å². The fourth-order valence-corrected chi connectivity index (χ4v) is 3.14. The molecule has 0 amide bonds. The first-order valence-corrected chi connectivity index (χ1v) is 7.17. The predicted octanol–water partition coefficient (Wildman–Crippen LogP) is 3.85. The summed E-state index contributed by atoms with van der Waals surface area (Å²) in [7, 11) is 0. The van der Waals surface area contributed by atoms with Crippen molar-refractivity contribution in [3.63, 3.8) is 0 Å². The predicted molar refractivity (Wildman–Crippen MR) is 81.7 cm³/mol. The lowest BCUT2D eigenvalue weighted by atomic mass is 10.2. The number of H-pyrrole nitrogens is 1. The summed E-state index contributed by atoms with van der Waals surface area (Å²) in [6, 6.07) is 7.28. The van der Waals surface area contributed by atoms with Crippen molar-refractivity contribution in [3.05, 3.63) is 45.0 Å². The number of aromatic carboxylic acids is 1. The van der Waals surface area contributed by atoms with Gasteiger partial charge in [0.15, 0.2) is 5.65 Å². The lowest BCUT2D eigenvalue weighted by Gasteiger charge is -1.99. The SMILES string of the molecule is O=C(O)c1cnc2nc(-c3cc(Br)cc(Br)c3)[nH]c2c1. The molecule has 2 heterocycles. The summed E-state index contributed by atoms with van der Waals surface area (Å²) >= 11 is 6.84. The lowest BCUT2D eigenvalue weighted by molar-refractivity contribution is 0.0696. The van der Waals surface area contributed by atoms with E-state index in [0.29, 0.717) is 17.0 Å². The zero-order valence-corrected chi connectivity index (χ0v) is 13.1. The summed E-state index contributed by atoms with van der Waals surface area (Å²) in [5, 5.41) is 8.95. The molecule has 2 aromatic heterocycles. The third-order valence-electron chi connectivity index (χ3n) is 2.72. The van der Waals surface area contributed by atoms with Crippen LogP contribution in [0.4, 0.5) is 0 Å². The molecular formula is C13H7Br2N3O2. The number of benzene rings is 1. The Morgan fingerprint density at radius 1 is 1.15 bits per heavy atom. The number of halogens is 2. The van der Waals surface area contributed by atoms with E-state index in [1.54, 1.807) is 0 Å². The third kappa shape index (κ3) is 2.46. The molecule has 0 bridgehead atoms. The number of fused-ring (bicyclic) bond motifs is 1. The Balaban J connectivity index is 2.15. The van der Waals surface area contributed by atoms with Crippen LogP contribution in [0.2, 0.25) is 0 Å². The number of rotatable bonds is 2. The normalized spacial score (nSPS) is 10.9. The van der Waals surface area contributed by atoms with Gasteiger partial charge in [-0.2, -0.15) is 0 Å². The van der Waals surface area contributed by atoms with E-state index in [4.69, 9.17) is 5.11 Å². The Bertz CT molecular complexity index is 809. The minimum atomic E-state index is -1.01. The molecule has 0 aliphatic heterocycles. The topological polar surface area (TPSA) is 78.9 Å². The van der Waals surface area contributed by atoms with Crippen molar-refractivity contribution in [2.45, 2.75) is 0 Å². The highest BCUT2D eigenvalue weighted by molar-refractivity contribution is 9.11. The largest absolute Gasteiger partial charge is 0.478 e. The lowest BCUT2D eigenvalue weighted by Crippen LogP contribution is -1.96. The number of nitrogens with zero attached hydrogens (tertiary/aromatic N) is 2. The first-order valence-electron chi connectivity index (χ1n) is 5.58. The van der Waals surface area contributed by atoms with Gasteiger partial charge in [-0.1, -0.05) is 31.9 Å². The molecule has 7 heteroatoms. The number of aromatic amines is 1. The van der Waals surface area contributed by atoms with E-state index in [1.807, 2.05) is 18.2 Å². The van der Waals surface area contributed by atoms with Crippen LogP contribution in [0.3, 0.4) is 0 Å². The molecule has 20 heavy (non-hydrogen) atoms. The maximum atomic E-state index is 10.9. The van der Waals surface area contributed by atoms with E-state index in [1.165, 1.54) is 12.3 Å². The second kappa shape index (κ2) is 4.99. The van der Waals surface area contributed by atoms with E-state index >= 15 is 0 Å². The summed E-state index contributed by atoms with van der Waals surface area (Å²) in [5.74, 6) is -0.377. The molecule has 2 N–H and O–H groups in total. The quantitative estimate of drug-likeness (QED) is 0.689. The first-order chi connectivity index (χ1) is 9.52. The van der Waals surface area contributed by atoms with Crippen molar-refractivity contribution in [2.75, 3.05) is 0 Å². The zero-order valence-electron chi connectivity index (χ0n) is 9.89. The van der Waals surface area contributed by atoms with Crippen molar-refractivity contribution in [3.8, 4) is 11.4 Å². The van der Waals surface area contributed by atoms with Gasteiger partial charge in [-0.05, 0) is 24.3 Å². The fraction of sp³-hybridized carbons (Fsp3) is 0. The second-order valence-corrected chi connectivity index (χ2v) is 5.98. The number of carboxylic acids is 1. The Kier molecular flexibility index (Phi) is 3.31. The molecular weight excluding hydrogens is 390 g/mol.